The first-order chi connectivity index (χ1) is 13.8. The fraction of sp³-hybridized carbons (Fsp3) is 0.417. The lowest BCUT2D eigenvalue weighted by Gasteiger charge is -2.29. The highest BCUT2D eigenvalue weighted by Crippen LogP contribution is 2.15. The summed E-state index contributed by atoms with van der Waals surface area (Å²) in [4.78, 5) is 27.3. The fourth-order valence-electron chi connectivity index (χ4n) is 3.35. The van der Waals surface area contributed by atoms with E-state index in [0.29, 0.717) is 6.54 Å². The van der Waals surface area contributed by atoms with Crippen molar-refractivity contribution in [3.8, 4) is 0 Å². The van der Waals surface area contributed by atoms with Crippen LogP contribution in [0.2, 0.25) is 0 Å². The molecule has 1 atom stereocenters. The van der Waals surface area contributed by atoms with Crippen molar-refractivity contribution >= 4 is 11.8 Å². The highest BCUT2D eigenvalue weighted by atomic mass is 19.1. The number of hydrogen-bond acceptors (Lipinski definition) is 2. The van der Waals surface area contributed by atoms with E-state index in [9.17, 15) is 14.0 Å². The van der Waals surface area contributed by atoms with Crippen molar-refractivity contribution in [1.29, 1.82) is 0 Å². The molecule has 0 bridgehead atoms. The number of benzene rings is 2. The summed E-state index contributed by atoms with van der Waals surface area (Å²) in [7, 11) is 0. The van der Waals surface area contributed by atoms with Crippen LogP contribution in [-0.2, 0) is 22.6 Å². The van der Waals surface area contributed by atoms with Crippen LogP contribution in [0, 0.1) is 19.7 Å². The van der Waals surface area contributed by atoms with Gasteiger partial charge in [-0.2, -0.15) is 0 Å². The second kappa shape index (κ2) is 10.7. The normalized spacial score (nSPS) is 11.8. The molecule has 0 radical (unpaired) electrons. The van der Waals surface area contributed by atoms with E-state index in [2.05, 4.69) is 18.3 Å². The largest absolute Gasteiger partial charge is 0.354 e. The van der Waals surface area contributed by atoms with Crippen LogP contribution in [0.15, 0.2) is 42.5 Å². The molecule has 0 aliphatic carbocycles. The van der Waals surface area contributed by atoms with Gasteiger partial charge < -0.3 is 10.2 Å². The Morgan fingerprint density at radius 2 is 1.66 bits per heavy atom. The summed E-state index contributed by atoms with van der Waals surface area (Å²) in [6, 6.07) is 11.5. The topological polar surface area (TPSA) is 49.4 Å². The van der Waals surface area contributed by atoms with Gasteiger partial charge >= 0.3 is 0 Å². The van der Waals surface area contributed by atoms with Crippen LogP contribution in [0.1, 0.15) is 48.9 Å². The van der Waals surface area contributed by atoms with Gasteiger partial charge in [-0.3, -0.25) is 9.59 Å². The lowest BCUT2D eigenvalue weighted by molar-refractivity contribution is -0.140. The molecular weight excluding hydrogens is 367 g/mol. The zero-order chi connectivity index (χ0) is 21.4. The highest BCUT2D eigenvalue weighted by molar-refractivity contribution is 5.88. The van der Waals surface area contributed by atoms with Crippen molar-refractivity contribution in [3.63, 3.8) is 0 Å². The van der Waals surface area contributed by atoms with Gasteiger partial charge in [0, 0.05) is 13.1 Å². The minimum atomic E-state index is -0.615. The van der Waals surface area contributed by atoms with E-state index in [1.165, 1.54) is 12.1 Å². The van der Waals surface area contributed by atoms with Gasteiger partial charge in [0.2, 0.25) is 11.8 Å². The summed E-state index contributed by atoms with van der Waals surface area (Å²) in [6.45, 7) is 8.65. The highest BCUT2D eigenvalue weighted by Gasteiger charge is 2.26. The molecule has 0 spiro atoms. The van der Waals surface area contributed by atoms with Gasteiger partial charge in [-0.15, -0.1) is 0 Å². The van der Waals surface area contributed by atoms with Crippen LogP contribution in [-0.4, -0.2) is 29.3 Å². The zero-order valence-electron chi connectivity index (χ0n) is 17.8. The van der Waals surface area contributed by atoms with Gasteiger partial charge in [0.1, 0.15) is 11.9 Å². The van der Waals surface area contributed by atoms with Gasteiger partial charge in [-0.05, 0) is 50.5 Å². The Morgan fingerprint density at radius 3 is 2.24 bits per heavy atom. The van der Waals surface area contributed by atoms with Crippen LogP contribution in [0.3, 0.4) is 0 Å². The van der Waals surface area contributed by atoms with Gasteiger partial charge in [-0.25, -0.2) is 4.39 Å². The van der Waals surface area contributed by atoms with E-state index < -0.39 is 6.04 Å². The summed E-state index contributed by atoms with van der Waals surface area (Å²) < 4.78 is 13.3. The molecule has 156 valence electrons. The third kappa shape index (κ3) is 7.00. The Labute approximate surface area is 173 Å². The number of amides is 2. The molecule has 2 amide bonds. The van der Waals surface area contributed by atoms with Crippen molar-refractivity contribution < 1.29 is 14.0 Å². The molecule has 2 rings (SSSR count). The Balaban J connectivity index is 2.20. The fourth-order valence-corrected chi connectivity index (χ4v) is 3.35. The van der Waals surface area contributed by atoms with Crippen molar-refractivity contribution in [1.82, 2.24) is 10.2 Å². The predicted octanol–water partition coefficient (Wildman–Crippen LogP) is 4.32. The second-order valence-corrected chi connectivity index (χ2v) is 7.64. The van der Waals surface area contributed by atoms with Crippen molar-refractivity contribution in [2.75, 3.05) is 6.54 Å². The molecule has 0 aliphatic heterocycles. The van der Waals surface area contributed by atoms with Crippen molar-refractivity contribution in [2.24, 2.45) is 0 Å². The van der Waals surface area contributed by atoms with Gasteiger partial charge in [0.05, 0.1) is 6.42 Å². The minimum absolute atomic E-state index is 0.127. The molecule has 0 saturated heterocycles. The van der Waals surface area contributed by atoms with Crippen LogP contribution in [0.5, 0.6) is 0 Å². The SMILES string of the molecule is CCCCNC(=O)C(C)N(Cc1ccc(F)cc1)C(=O)Cc1cc(C)cc(C)c1. The number of aryl methyl sites for hydroxylation is 2. The quantitative estimate of drug-likeness (QED) is 0.640. The molecule has 2 aromatic rings. The number of carbonyl (C=O) groups is 2. The van der Waals surface area contributed by atoms with Crippen molar-refractivity contribution in [3.05, 3.63) is 70.5 Å². The zero-order valence-corrected chi connectivity index (χ0v) is 17.8. The van der Waals surface area contributed by atoms with E-state index in [0.717, 1.165) is 35.1 Å². The lowest BCUT2D eigenvalue weighted by atomic mass is 10.0. The molecule has 0 aliphatic rings. The molecule has 0 heterocycles. The molecule has 4 nitrogen and oxygen atoms in total. The lowest BCUT2D eigenvalue weighted by Crippen LogP contribution is -2.48. The predicted molar refractivity (Wildman–Crippen MR) is 114 cm³/mol. The van der Waals surface area contributed by atoms with Gasteiger partial charge in [0.15, 0.2) is 0 Å². The number of hydrogen-bond donors (Lipinski definition) is 1. The first-order valence-corrected chi connectivity index (χ1v) is 10.2. The van der Waals surface area contributed by atoms with Crippen molar-refractivity contribution in [2.45, 2.75) is 59.5 Å². The number of carbonyl (C=O) groups excluding carboxylic acids is 2. The average molecular weight is 399 g/mol. The van der Waals surface area contributed by atoms with E-state index in [4.69, 9.17) is 0 Å². The molecule has 2 aromatic carbocycles. The molecular formula is C24H31FN2O2. The third-order valence-corrected chi connectivity index (χ3v) is 4.90. The van der Waals surface area contributed by atoms with Crippen LogP contribution in [0.4, 0.5) is 4.39 Å². The van der Waals surface area contributed by atoms with E-state index >= 15 is 0 Å². The monoisotopic (exact) mass is 398 g/mol. The molecule has 5 heteroatoms. The summed E-state index contributed by atoms with van der Waals surface area (Å²) in [6.07, 6.45) is 2.10. The van der Waals surface area contributed by atoms with Gasteiger partial charge in [-0.1, -0.05) is 54.8 Å². The average Bonchev–Trinajstić information content (AvgIpc) is 2.66. The molecule has 0 aromatic heterocycles. The number of halogens is 1. The number of nitrogens with one attached hydrogen (secondary N) is 1. The first kappa shape index (κ1) is 22.6. The Kier molecular flexibility index (Phi) is 8.37. The maximum Gasteiger partial charge on any atom is 0.242 e. The number of unbranched alkanes of at least 4 members (excludes halogenated alkanes) is 1. The summed E-state index contributed by atoms with van der Waals surface area (Å²) in [5.74, 6) is -0.626. The standard InChI is InChI=1S/C24H31FN2O2/c1-5-6-11-26-24(29)19(4)27(16-20-7-9-22(25)10-8-20)23(28)15-21-13-17(2)12-18(3)14-21/h7-10,12-14,19H,5-6,11,15-16H2,1-4H3,(H,26,29). The maximum atomic E-state index is 13.3. The van der Waals surface area contributed by atoms with Crippen LogP contribution < -0.4 is 5.32 Å². The Hall–Kier alpha value is -2.69. The maximum absolute atomic E-state index is 13.3. The Bertz CT molecular complexity index is 813. The minimum Gasteiger partial charge on any atom is -0.354 e. The summed E-state index contributed by atoms with van der Waals surface area (Å²) in [5.41, 5.74) is 3.91. The number of rotatable bonds is 9. The molecule has 29 heavy (non-hydrogen) atoms. The van der Waals surface area contributed by atoms with E-state index in [1.54, 1.807) is 24.0 Å². The summed E-state index contributed by atoms with van der Waals surface area (Å²) >= 11 is 0. The van der Waals surface area contributed by atoms with Gasteiger partial charge in [0.25, 0.3) is 0 Å². The first-order valence-electron chi connectivity index (χ1n) is 10.2. The number of nitrogens with zero attached hydrogens (tertiary/aromatic N) is 1. The second-order valence-electron chi connectivity index (χ2n) is 7.64. The Morgan fingerprint density at radius 1 is 1.03 bits per heavy atom. The molecule has 1 N–H and O–H groups in total. The summed E-state index contributed by atoms with van der Waals surface area (Å²) in [5, 5.41) is 2.90. The van der Waals surface area contributed by atoms with E-state index in [1.807, 2.05) is 26.0 Å². The van der Waals surface area contributed by atoms with E-state index in [-0.39, 0.29) is 30.6 Å². The molecule has 1 unspecified atom stereocenters. The smallest absolute Gasteiger partial charge is 0.242 e. The third-order valence-electron chi connectivity index (χ3n) is 4.90. The van der Waals surface area contributed by atoms with Crippen LogP contribution in [0.25, 0.3) is 0 Å². The van der Waals surface area contributed by atoms with Crippen LogP contribution >= 0.6 is 0 Å². The molecule has 0 fully saturated rings. The molecule has 0 saturated carbocycles.